The van der Waals surface area contributed by atoms with E-state index >= 15 is 0 Å². The molecule has 0 fully saturated rings. The summed E-state index contributed by atoms with van der Waals surface area (Å²) in [6.45, 7) is 2.14. The summed E-state index contributed by atoms with van der Waals surface area (Å²) in [5.74, 6) is 0. The van der Waals surface area contributed by atoms with E-state index in [0.717, 1.165) is 12.1 Å². The van der Waals surface area contributed by atoms with Crippen LogP contribution in [-0.4, -0.2) is 0 Å². The standard InChI is InChI=1S/C14H13ClN2S/c1-2-13(14-4-3-7-18-14)17-11-6-5-10(9-16)12(15)8-11/h3-8,13,17H,2H2,1H3. The zero-order valence-electron chi connectivity index (χ0n) is 9.98. The predicted octanol–water partition coefficient (Wildman–Crippen LogP) is 4.84. The minimum absolute atomic E-state index is 0.286. The van der Waals surface area contributed by atoms with Crippen LogP contribution in [0.1, 0.15) is 29.8 Å². The molecule has 0 bridgehead atoms. The van der Waals surface area contributed by atoms with Crippen LogP contribution in [0.4, 0.5) is 5.69 Å². The van der Waals surface area contributed by atoms with Crippen molar-refractivity contribution in [1.29, 1.82) is 5.26 Å². The second-order valence-corrected chi connectivity index (χ2v) is 5.31. The van der Waals surface area contributed by atoms with E-state index in [4.69, 9.17) is 16.9 Å². The fourth-order valence-electron chi connectivity index (χ4n) is 1.76. The first-order chi connectivity index (χ1) is 8.74. The van der Waals surface area contributed by atoms with Crippen LogP contribution >= 0.6 is 22.9 Å². The summed E-state index contributed by atoms with van der Waals surface area (Å²) < 4.78 is 0. The van der Waals surface area contributed by atoms with Gasteiger partial charge in [-0.3, -0.25) is 0 Å². The van der Waals surface area contributed by atoms with Gasteiger partial charge in [0.05, 0.1) is 16.6 Å². The number of nitrogens with one attached hydrogen (secondary N) is 1. The van der Waals surface area contributed by atoms with Crippen molar-refractivity contribution in [2.24, 2.45) is 0 Å². The van der Waals surface area contributed by atoms with Crippen molar-refractivity contribution in [3.8, 4) is 6.07 Å². The van der Waals surface area contributed by atoms with Crippen LogP contribution in [0, 0.1) is 11.3 Å². The number of nitrogens with zero attached hydrogens (tertiary/aromatic N) is 1. The van der Waals surface area contributed by atoms with Gasteiger partial charge in [-0.05, 0) is 36.1 Å². The number of anilines is 1. The minimum atomic E-state index is 0.286. The van der Waals surface area contributed by atoms with Gasteiger partial charge < -0.3 is 5.32 Å². The molecule has 0 saturated carbocycles. The Labute approximate surface area is 116 Å². The highest BCUT2D eigenvalue weighted by atomic mass is 35.5. The van der Waals surface area contributed by atoms with E-state index < -0.39 is 0 Å². The second kappa shape index (κ2) is 5.90. The highest BCUT2D eigenvalue weighted by molar-refractivity contribution is 7.10. The molecule has 2 rings (SSSR count). The van der Waals surface area contributed by atoms with Gasteiger partial charge >= 0.3 is 0 Å². The summed E-state index contributed by atoms with van der Waals surface area (Å²) in [5.41, 5.74) is 1.45. The van der Waals surface area contributed by atoms with E-state index in [1.165, 1.54) is 4.88 Å². The van der Waals surface area contributed by atoms with Crippen molar-refractivity contribution in [2.75, 3.05) is 5.32 Å². The third kappa shape index (κ3) is 2.84. The molecule has 1 unspecified atom stereocenters. The maximum Gasteiger partial charge on any atom is 0.101 e. The highest BCUT2D eigenvalue weighted by Gasteiger charge is 2.10. The first-order valence-corrected chi connectivity index (χ1v) is 7.00. The summed E-state index contributed by atoms with van der Waals surface area (Å²) in [5, 5.41) is 14.8. The Bertz CT molecular complexity index is 558. The van der Waals surface area contributed by atoms with Gasteiger partial charge in [0.15, 0.2) is 0 Å². The van der Waals surface area contributed by atoms with Crippen LogP contribution in [0.15, 0.2) is 35.7 Å². The van der Waals surface area contributed by atoms with E-state index in [1.807, 2.05) is 6.07 Å². The Morgan fingerprint density at radius 2 is 2.28 bits per heavy atom. The molecule has 4 heteroatoms. The largest absolute Gasteiger partial charge is 0.377 e. The molecule has 18 heavy (non-hydrogen) atoms. The van der Waals surface area contributed by atoms with Crippen molar-refractivity contribution in [2.45, 2.75) is 19.4 Å². The van der Waals surface area contributed by atoms with Gasteiger partial charge in [-0.15, -0.1) is 11.3 Å². The average Bonchev–Trinajstić information content (AvgIpc) is 2.90. The molecule has 0 radical (unpaired) electrons. The Morgan fingerprint density at radius 1 is 1.44 bits per heavy atom. The van der Waals surface area contributed by atoms with Crippen molar-refractivity contribution in [1.82, 2.24) is 0 Å². The fraction of sp³-hybridized carbons (Fsp3) is 0.214. The van der Waals surface area contributed by atoms with Crippen molar-refractivity contribution in [3.05, 3.63) is 51.2 Å². The highest BCUT2D eigenvalue weighted by Crippen LogP contribution is 2.28. The molecule has 0 aliphatic rings. The molecule has 0 spiro atoms. The molecule has 1 N–H and O–H groups in total. The molecular weight excluding hydrogens is 264 g/mol. The smallest absolute Gasteiger partial charge is 0.101 e. The number of hydrogen-bond donors (Lipinski definition) is 1. The molecule has 92 valence electrons. The number of thiophene rings is 1. The van der Waals surface area contributed by atoms with E-state index in [0.29, 0.717) is 10.6 Å². The molecule has 2 aromatic rings. The van der Waals surface area contributed by atoms with Crippen LogP contribution in [0.3, 0.4) is 0 Å². The molecule has 1 aromatic carbocycles. The van der Waals surface area contributed by atoms with Crippen LogP contribution in [-0.2, 0) is 0 Å². The average molecular weight is 277 g/mol. The maximum absolute atomic E-state index is 8.83. The Balaban J connectivity index is 2.18. The van der Waals surface area contributed by atoms with Crippen LogP contribution in [0.5, 0.6) is 0 Å². The van der Waals surface area contributed by atoms with Gasteiger partial charge in [-0.25, -0.2) is 0 Å². The molecule has 1 heterocycles. The Morgan fingerprint density at radius 3 is 2.83 bits per heavy atom. The number of benzene rings is 1. The van der Waals surface area contributed by atoms with Gasteiger partial charge in [-0.1, -0.05) is 24.6 Å². The van der Waals surface area contributed by atoms with E-state index in [2.05, 4.69) is 35.8 Å². The van der Waals surface area contributed by atoms with Crippen molar-refractivity contribution in [3.63, 3.8) is 0 Å². The van der Waals surface area contributed by atoms with Gasteiger partial charge in [0.2, 0.25) is 0 Å². The number of nitriles is 1. The quantitative estimate of drug-likeness (QED) is 0.868. The third-order valence-corrected chi connectivity index (χ3v) is 4.02. The first-order valence-electron chi connectivity index (χ1n) is 5.74. The Hall–Kier alpha value is -1.50. The SMILES string of the molecule is CCC(Nc1ccc(C#N)c(Cl)c1)c1cccs1. The molecule has 0 saturated heterocycles. The number of halogens is 1. The zero-order valence-corrected chi connectivity index (χ0v) is 11.6. The Kier molecular flexibility index (Phi) is 4.24. The van der Waals surface area contributed by atoms with Crippen molar-refractivity contribution >= 4 is 28.6 Å². The predicted molar refractivity (Wildman–Crippen MR) is 77.1 cm³/mol. The van der Waals surface area contributed by atoms with E-state index in [-0.39, 0.29) is 6.04 Å². The molecule has 0 amide bonds. The van der Waals surface area contributed by atoms with Gasteiger partial charge in [0.25, 0.3) is 0 Å². The summed E-state index contributed by atoms with van der Waals surface area (Å²) in [6.07, 6.45) is 0.998. The summed E-state index contributed by atoms with van der Waals surface area (Å²) in [6, 6.07) is 12.0. The van der Waals surface area contributed by atoms with Gasteiger partial charge in [0, 0.05) is 10.6 Å². The first kappa shape index (κ1) is 12.9. The maximum atomic E-state index is 8.83. The molecule has 0 aliphatic carbocycles. The lowest BCUT2D eigenvalue weighted by Crippen LogP contribution is -2.07. The fourth-order valence-corrected chi connectivity index (χ4v) is 2.84. The second-order valence-electron chi connectivity index (χ2n) is 3.93. The summed E-state index contributed by atoms with van der Waals surface area (Å²) in [7, 11) is 0. The molecule has 1 aromatic heterocycles. The lowest BCUT2D eigenvalue weighted by molar-refractivity contribution is 0.764. The molecular formula is C14H13ClN2S. The van der Waals surface area contributed by atoms with Gasteiger partial charge in [-0.2, -0.15) is 5.26 Å². The normalized spacial score (nSPS) is 11.8. The summed E-state index contributed by atoms with van der Waals surface area (Å²) in [4.78, 5) is 1.30. The lowest BCUT2D eigenvalue weighted by Gasteiger charge is -2.17. The van der Waals surface area contributed by atoms with Crippen LogP contribution in [0.2, 0.25) is 5.02 Å². The van der Waals surface area contributed by atoms with Crippen LogP contribution in [0.25, 0.3) is 0 Å². The number of hydrogen-bond acceptors (Lipinski definition) is 3. The van der Waals surface area contributed by atoms with E-state index in [9.17, 15) is 0 Å². The molecule has 2 nitrogen and oxygen atoms in total. The van der Waals surface area contributed by atoms with E-state index in [1.54, 1.807) is 23.5 Å². The topological polar surface area (TPSA) is 35.8 Å². The van der Waals surface area contributed by atoms with Gasteiger partial charge in [0.1, 0.15) is 6.07 Å². The molecule has 1 atom stereocenters. The zero-order chi connectivity index (χ0) is 13.0. The third-order valence-electron chi connectivity index (χ3n) is 2.73. The number of rotatable bonds is 4. The monoisotopic (exact) mass is 276 g/mol. The summed E-state index contributed by atoms with van der Waals surface area (Å²) >= 11 is 7.76. The van der Waals surface area contributed by atoms with Crippen LogP contribution < -0.4 is 5.32 Å². The lowest BCUT2D eigenvalue weighted by atomic mass is 10.1. The molecule has 0 aliphatic heterocycles. The van der Waals surface area contributed by atoms with Crippen molar-refractivity contribution < 1.29 is 0 Å². The minimum Gasteiger partial charge on any atom is -0.377 e.